The minimum absolute atomic E-state index is 0.167. The van der Waals surface area contributed by atoms with Gasteiger partial charge in [0.15, 0.2) is 0 Å². The van der Waals surface area contributed by atoms with Crippen LogP contribution in [0, 0.1) is 0 Å². The number of amides is 1. The van der Waals surface area contributed by atoms with Gasteiger partial charge in [-0.25, -0.2) is 9.80 Å². The molecular formula is C8H9N5O2. The molecule has 1 aromatic heterocycles. The molecule has 0 spiro atoms. The largest absolute Gasteiger partial charge is 0.443 e. The maximum atomic E-state index is 11.4. The van der Waals surface area contributed by atoms with Crippen molar-refractivity contribution in [2.24, 2.45) is 5.11 Å². The molecule has 1 amide bonds. The molecule has 0 radical (unpaired) electrons. The van der Waals surface area contributed by atoms with Crippen LogP contribution < -0.4 is 5.01 Å². The highest BCUT2D eigenvalue weighted by atomic mass is 16.6. The van der Waals surface area contributed by atoms with Crippen molar-refractivity contribution in [2.45, 2.75) is 6.10 Å². The molecule has 0 bridgehead atoms. The van der Waals surface area contributed by atoms with Crippen LogP contribution in [0.4, 0.5) is 4.79 Å². The van der Waals surface area contributed by atoms with Gasteiger partial charge in [-0.05, 0) is 17.7 Å². The van der Waals surface area contributed by atoms with E-state index in [1.165, 1.54) is 5.01 Å². The number of rotatable bonds is 3. The van der Waals surface area contributed by atoms with E-state index >= 15 is 0 Å². The summed E-state index contributed by atoms with van der Waals surface area (Å²) in [6.45, 7) is 0.562. The lowest BCUT2D eigenvalue weighted by molar-refractivity contribution is 0.144. The van der Waals surface area contributed by atoms with Gasteiger partial charge in [0.05, 0.1) is 13.1 Å². The van der Waals surface area contributed by atoms with E-state index in [1.807, 2.05) is 12.1 Å². The molecule has 1 fully saturated rings. The molecule has 0 N–H and O–H groups in total. The highest BCUT2D eigenvalue weighted by molar-refractivity contribution is 5.80. The molecule has 0 aliphatic carbocycles. The van der Waals surface area contributed by atoms with Gasteiger partial charge in [-0.3, -0.25) is 4.68 Å². The van der Waals surface area contributed by atoms with Crippen molar-refractivity contribution in [3.05, 3.63) is 35.0 Å². The molecule has 2 rings (SSSR count). The fourth-order valence-electron chi connectivity index (χ4n) is 1.41. The van der Waals surface area contributed by atoms with Crippen LogP contribution >= 0.6 is 0 Å². The topological polar surface area (TPSA) is 83.2 Å². The van der Waals surface area contributed by atoms with E-state index in [4.69, 9.17) is 10.3 Å². The molecule has 7 nitrogen and oxygen atoms in total. The minimum Gasteiger partial charge on any atom is -0.443 e. The standard InChI is InChI=1S/C8H9N5O2/c9-11-10-5-7-6-13(8(14)15-7)12-3-1-2-4-12/h1-4,7H,5-6H2/t7-/m1/s1. The molecule has 1 saturated heterocycles. The second kappa shape index (κ2) is 3.93. The van der Waals surface area contributed by atoms with Crippen molar-refractivity contribution in [3.63, 3.8) is 0 Å². The Kier molecular flexibility index (Phi) is 2.47. The zero-order valence-corrected chi connectivity index (χ0v) is 7.85. The predicted octanol–water partition coefficient (Wildman–Crippen LogP) is 1.26. The Balaban J connectivity index is 2.05. The molecule has 1 aliphatic heterocycles. The molecule has 0 aromatic carbocycles. The third-order valence-electron chi connectivity index (χ3n) is 2.07. The summed E-state index contributed by atoms with van der Waals surface area (Å²) in [6, 6.07) is 3.63. The van der Waals surface area contributed by atoms with Crippen molar-refractivity contribution in [3.8, 4) is 0 Å². The second-order valence-corrected chi connectivity index (χ2v) is 3.06. The Hall–Kier alpha value is -2.14. The van der Waals surface area contributed by atoms with E-state index in [-0.39, 0.29) is 12.6 Å². The zero-order chi connectivity index (χ0) is 10.7. The summed E-state index contributed by atoms with van der Waals surface area (Å²) in [5, 5.41) is 4.81. The Morgan fingerprint density at radius 3 is 3.00 bits per heavy atom. The Bertz CT molecular complexity index is 395. The predicted molar refractivity (Wildman–Crippen MR) is 51.8 cm³/mol. The van der Waals surface area contributed by atoms with Gasteiger partial charge in [0.2, 0.25) is 0 Å². The first-order chi connectivity index (χ1) is 7.31. The summed E-state index contributed by atoms with van der Waals surface area (Å²) in [7, 11) is 0. The molecular weight excluding hydrogens is 198 g/mol. The van der Waals surface area contributed by atoms with Gasteiger partial charge in [-0.15, -0.1) is 0 Å². The van der Waals surface area contributed by atoms with Gasteiger partial charge >= 0.3 is 6.09 Å². The lowest BCUT2D eigenvalue weighted by Gasteiger charge is -2.13. The van der Waals surface area contributed by atoms with E-state index in [0.29, 0.717) is 6.54 Å². The summed E-state index contributed by atoms with van der Waals surface area (Å²) < 4.78 is 6.64. The van der Waals surface area contributed by atoms with E-state index in [1.54, 1.807) is 17.1 Å². The van der Waals surface area contributed by atoms with Crippen LogP contribution in [0.1, 0.15) is 0 Å². The maximum Gasteiger partial charge on any atom is 0.429 e. The number of cyclic esters (lactones) is 1. The fraction of sp³-hybridized carbons (Fsp3) is 0.375. The average Bonchev–Trinajstić information content (AvgIpc) is 2.83. The van der Waals surface area contributed by atoms with E-state index in [0.717, 1.165) is 0 Å². The smallest absolute Gasteiger partial charge is 0.429 e. The summed E-state index contributed by atoms with van der Waals surface area (Å²) >= 11 is 0. The van der Waals surface area contributed by atoms with Crippen LogP contribution in [0.15, 0.2) is 29.6 Å². The lowest BCUT2D eigenvalue weighted by atomic mass is 10.4. The number of nitrogens with zero attached hydrogens (tertiary/aromatic N) is 5. The monoisotopic (exact) mass is 207 g/mol. The van der Waals surface area contributed by atoms with Gasteiger partial charge in [0.25, 0.3) is 0 Å². The van der Waals surface area contributed by atoms with Crippen molar-refractivity contribution in [1.82, 2.24) is 4.68 Å². The van der Waals surface area contributed by atoms with Gasteiger partial charge in [0, 0.05) is 17.3 Å². The number of aromatic nitrogens is 1. The summed E-state index contributed by atoms with van der Waals surface area (Å²) in [4.78, 5) is 14.0. The molecule has 1 atom stereocenters. The number of hydrogen-bond donors (Lipinski definition) is 0. The second-order valence-electron chi connectivity index (χ2n) is 3.06. The first-order valence-corrected chi connectivity index (χ1v) is 4.43. The zero-order valence-electron chi connectivity index (χ0n) is 7.85. The first kappa shape index (κ1) is 9.42. The van der Waals surface area contributed by atoms with E-state index in [2.05, 4.69) is 10.0 Å². The molecule has 1 aromatic rings. The van der Waals surface area contributed by atoms with Crippen LogP contribution in [0.25, 0.3) is 10.4 Å². The van der Waals surface area contributed by atoms with Gasteiger partial charge in [-0.1, -0.05) is 5.11 Å². The van der Waals surface area contributed by atoms with Crippen molar-refractivity contribution in [1.29, 1.82) is 0 Å². The summed E-state index contributed by atoms with van der Waals surface area (Å²) in [5.74, 6) is 0. The molecule has 0 unspecified atom stereocenters. The number of carbonyl (C=O) groups is 1. The maximum absolute atomic E-state index is 11.4. The van der Waals surface area contributed by atoms with Gasteiger partial charge in [0.1, 0.15) is 6.10 Å². The fourth-order valence-corrected chi connectivity index (χ4v) is 1.41. The normalized spacial score (nSPS) is 19.9. The molecule has 7 heteroatoms. The first-order valence-electron chi connectivity index (χ1n) is 4.43. The SMILES string of the molecule is [N-]=[N+]=NC[C@@H]1CN(n2cccc2)C(=O)O1. The number of azide groups is 1. The lowest BCUT2D eigenvalue weighted by Crippen LogP contribution is -2.34. The van der Waals surface area contributed by atoms with E-state index < -0.39 is 6.09 Å². The van der Waals surface area contributed by atoms with Crippen molar-refractivity contribution >= 4 is 6.09 Å². The average molecular weight is 207 g/mol. The Labute approximate surface area is 85.4 Å². The highest BCUT2D eigenvalue weighted by Gasteiger charge is 2.31. The molecule has 2 heterocycles. The van der Waals surface area contributed by atoms with E-state index in [9.17, 15) is 4.79 Å². The number of carbonyl (C=O) groups excluding carboxylic acids is 1. The minimum atomic E-state index is -0.427. The van der Waals surface area contributed by atoms with Crippen molar-refractivity contribution in [2.75, 3.05) is 18.1 Å². The molecule has 1 aliphatic rings. The molecule has 15 heavy (non-hydrogen) atoms. The van der Waals surface area contributed by atoms with Crippen LogP contribution in [0.5, 0.6) is 0 Å². The summed E-state index contributed by atoms with van der Waals surface area (Å²) in [6.07, 6.45) is 2.70. The third kappa shape index (κ3) is 1.87. The Morgan fingerprint density at radius 1 is 1.60 bits per heavy atom. The number of ether oxygens (including phenoxy) is 1. The van der Waals surface area contributed by atoms with Crippen molar-refractivity contribution < 1.29 is 9.53 Å². The van der Waals surface area contributed by atoms with Gasteiger partial charge in [-0.2, -0.15) is 0 Å². The summed E-state index contributed by atoms with van der Waals surface area (Å²) in [5.41, 5.74) is 8.14. The van der Waals surface area contributed by atoms with Crippen LogP contribution in [-0.4, -0.2) is 30.0 Å². The van der Waals surface area contributed by atoms with Crippen LogP contribution in [0.2, 0.25) is 0 Å². The van der Waals surface area contributed by atoms with Crippen LogP contribution in [0.3, 0.4) is 0 Å². The number of hydrogen-bond acceptors (Lipinski definition) is 3. The molecule has 78 valence electrons. The van der Waals surface area contributed by atoms with Crippen LogP contribution in [-0.2, 0) is 4.74 Å². The van der Waals surface area contributed by atoms with Gasteiger partial charge < -0.3 is 4.74 Å². The highest BCUT2D eigenvalue weighted by Crippen LogP contribution is 2.10. The third-order valence-corrected chi connectivity index (χ3v) is 2.07. The molecule has 0 saturated carbocycles. The quantitative estimate of drug-likeness (QED) is 0.424. The Morgan fingerprint density at radius 2 is 2.33 bits per heavy atom.